The Morgan fingerprint density at radius 2 is 2.12 bits per heavy atom. The van der Waals surface area contributed by atoms with Gasteiger partial charge in [-0.2, -0.15) is 0 Å². The highest BCUT2D eigenvalue weighted by atomic mass is 16.2. The molecule has 2 unspecified atom stereocenters. The Balaban J connectivity index is 1.51. The number of likely N-dealkylation sites (tertiary alicyclic amines) is 1. The number of nitrogens with zero attached hydrogens (tertiary/aromatic N) is 1. The molecule has 0 bridgehead atoms. The summed E-state index contributed by atoms with van der Waals surface area (Å²) in [4.78, 5) is 26.0. The van der Waals surface area contributed by atoms with Crippen molar-refractivity contribution in [2.45, 2.75) is 32.9 Å². The smallest absolute Gasteiger partial charge is 0.223 e. The van der Waals surface area contributed by atoms with E-state index in [9.17, 15) is 9.59 Å². The lowest BCUT2D eigenvalue weighted by molar-refractivity contribution is -0.127. The maximum absolute atomic E-state index is 12.3. The van der Waals surface area contributed by atoms with E-state index >= 15 is 0 Å². The third-order valence-electron chi connectivity index (χ3n) is 5.71. The Labute approximate surface area is 155 Å². The van der Waals surface area contributed by atoms with E-state index in [1.807, 2.05) is 19.1 Å². The molecule has 26 heavy (non-hydrogen) atoms. The molecule has 0 spiro atoms. The van der Waals surface area contributed by atoms with Crippen molar-refractivity contribution >= 4 is 11.8 Å². The second-order valence-electron chi connectivity index (χ2n) is 7.72. The van der Waals surface area contributed by atoms with E-state index in [-0.39, 0.29) is 23.7 Å². The topological polar surface area (TPSA) is 87.5 Å². The largest absolute Gasteiger partial charge is 0.369 e. The highest BCUT2D eigenvalue weighted by Crippen LogP contribution is 2.19. The maximum Gasteiger partial charge on any atom is 0.223 e. The second kappa shape index (κ2) is 8.64. The Hall–Kier alpha value is -1.92. The predicted molar refractivity (Wildman–Crippen MR) is 101 cm³/mol. The van der Waals surface area contributed by atoms with Gasteiger partial charge in [0.15, 0.2) is 0 Å². The molecule has 6 nitrogen and oxygen atoms in total. The Morgan fingerprint density at radius 3 is 2.81 bits per heavy atom. The van der Waals surface area contributed by atoms with E-state index in [4.69, 9.17) is 5.73 Å². The van der Waals surface area contributed by atoms with Gasteiger partial charge in [0.1, 0.15) is 0 Å². The van der Waals surface area contributed by atoms with Gasteiger partial charge in [0, 0.05) is 25.6 Å². The van der Waals surface area contributed by atoms with Crippen molar-refractivity contribution in [2.75, 3.05) is 26.2 Å². The second-order valence-corrected chi connectivity index (χ2v) is 7.72. The van der Waals surface area contributed by atoms with E-state index in [1.165, 1.54) is 5.56 Å². The molecule has 142 valence electrons. The molecule has 0 saturated carbocycles. The number of nitrogens with two attached hydrogens (primary N) is 1. The molecule has 2 fully saturated rings. The number of amides is 2. The van der Waals surface area contributed by atoms with Crippen molar-refractivity contribution in [3.63, 3.8) is 0 Å². The molecule has 6 heteroatoms. The Bertz CT molecular complexity index is 644. The summed E-state index contributed by atoms with van der Waals surface area (Å²) in [6.45, 7) is 6.99. The van der Waals surface area contributed by atoms with Crippen LogP contribution in [0.15, 0.2) is 24.3 Å². The van der Waals surface area contributed by atoms with Crippen LogP contribution in [0.2, 0.25) is 0 Å². The number of carbonyl (C=O) groups excluding carboxylic acids is 2. The number of primary amides is 1. The van der Waals surface area contributed by atoms with Crippen LogP contribution in [0.4, 0.5) is 0 Å². The minimum absolute atomic E-state index is 0.0336. The van der Waals surface area contributed by atoms with E-state index < -0.39 is 0 Å². The monoisotopic (exact) mass is 358 g/mol. The minimum Gasteiger partial charge on any atom is -0.369 e. The molecule has 3 rings (SSSR count). The van der Waals surface area contributed by atoms with Gasteiger partial charge in [-0.3, -0.25) is 14.5 Å². The lowest BCUT2D eigenvalue weighted by Gasteiger charge is -2.31. The number of piperidine rings is 1. The number of carbonyl (C=O) groups is 2. The fourth-order valence-electron chi connectivity index (χ4n) is 3.76. The van der Waals surface area contributed by atoms with Gasteiger partial charge >= 0.3 is 0 Å². The first-order chi connectivity index (χ1) is 12.5. The first kappa shape index (κ1) is 18.9. The fraction of sp³-hybridized carbons (Fsp3) is 0.600. The Morgan fingerprint density at radius 1 is 1.35 bits per heavy atom. The molecule has 0 aliphatic carbocycles. The van der Waals surface area contributed by atoms with Gasteiger partial charge in [0.2, 0.25) is 11.8 Å². The lowest BCUT2D eigenvalue weighted by atomic mass is 9.88. The van der Waals surface area contributed by atoms with Crippen molar-refractivity contribution in [1.29, 1.82) is 0 Å². The van der Waals surface area contributed by atoms with Crippen LogP contribution in [0.25, 0.3) is 0 Å². The van der Waals surface area contributed by atoms with Crippen LogP contribution in [0, 0.1) is 17.8 Å². The van der Waals surface area contributed by atoms with Crippen LogP contribution >= 0.6 is 0 Å². The van der Waals surface area contributed by atoms with E-state index in [2.05, 4.69) is 27.7 Å². The van der Waals surface area contributed by atoms with Crippen LogP contribution in [-0.4, -0.2) is 42.9 Å². The van der Waals surface area contributed by atoms with Crippen molar-refractivity contribution in [2.24, 2.45) is 23.5 Å². The Kier molecular flexibility index (Phi) is 6.27. The minimum atomic E-state index is -0.193. The highest BCUT2D eigenvalue weighted by Gasteiger charge is 2.28. The predicted octanol–water partition coefficient (Wildman–Crippen LogP) is 0.856. The number of hydrogen-bond donors (Lipinski definition) is 3. The van der Waals surface area contributed by atoms with Crippen LogP contribution in [0.3, 0.4) is 0 Å². The van der Waals surface area contributed by atoms with Gasteiger partial charge in [0.05, 0.1) is 5.92 Å². The molecule has 2 atom stereocenters. The average Bonchev–Trinajstić information content (AvgIpc) is 2.58. The van der Waals surface area contributed by atoms with Gasteiger partial charge in [-0.25, -0.2) is 0 Å². The number of benzene rings is 1. The molecule has 0 radical (unpaired) electrons. The summed E-state index contributed by atoms with van der Waals surface area (Å²) in [5.74, 6) is 0.412. The third-order valence-corrected chi connectivity index (χ3v) is 5.71. The molecule has 2 saturated heterocycles. The summed E-state index contributed by atoms with van der Waals surface area (Å²) in [6, 6.07) is 8.32. The first-order valence-electron chi connectivity index (χ1n) is 9.61. The summed E-state index contributed by atoms with van der Waals surface area (Å²) in [5.41, 5.74) is 7.78. The van der Waals surface area contributed by atoms with Gasteiger partial charge in [-0.1, -0.05) is 31.2 Å². The van der Waals surface area contributed by atoms with E-state index in [0.29, 0.717) is 12.5 Å². The fourth-order valence-corrected chi connectivity index (χ4v) is 3.76. The molecule has 2 aliphatic heterocycles. The highest BCUT2D eigenvalue weighted by molar-refractivity contribution is 5.78. The normalized spacial score (nSPS) is 22.4. The van der Waals surface area contributed by atoms with Crippen LogP contribution in [0.1, 0.15) is 30.9 Å². The molecule has 4 N–H and O–H groups in total. The summed E-state index contributed by atoms with van der Waals surface area (Å²) in [7, 11) is 0. The van der Waals surface area contributed by atoms with Crippen LogP contribution in [-0.2, 0) is 22.7 Å². The van der Waals surface area contributed by atoms with Crippen molar-refractivity contribution in [3.8, 4) is 0 Å². The van der Waals surface area contributed by atoms with Gasteiger partial charge in [0.25, 0.3) is 0 Å². The van der Waals surface area contributed by atoms with Gasteiger partial charge in [-0.05, 0) is 49.5 Å². The summed E-state index contributed by atoms with van der Waals surface area (Å²) in [6.07, 6.45) is 1.91. The number of nitrogens with one attached hydrogen (secondary N) is 2. The molecule has 2 aliphatic rings. The van der Waals surface area contributed by atoms with Crippen LogP contribution in [0.5, 0.6) is 0 Å². The zero-order valence-electron chi connectivity index (χ0n) is 15.5. The lowest BCUT2D eigenvalue weighted by Crippen LogP contribution is -2.49. The number of rotatable bonds is 7. The summed E-state index contributed by atoms with van der Waals surface area (Å²) < 4.78 is 0. The first-order valence-corrected chi connectivity index (χ1v) is 9.61. The molecule has 1 aromatic rings. The van der Waals surface area contributed by atoms with Crippen LogP contribution < -0.4 is 16.4 Å². The van der Waals surface area contributed by atoms with Crippen molar-refractivity contribution in [1.82, 2.24) is 15.5 Å². The van der Waals surface area contributed by atoms with Gasteiger partial charge < -0.3 is 16.4 Å². The average molecular weight is 358 g/mol. The SMILES string of the molecule is CC(C(=O)NCc1cccc(CN2CCCC(C(N)=O)C2)c1)C1CNC1. The maximum atomic E-state index is 12.3. The molecule has 2 amide bonds. The van der Waals surface area contributed by atoms with Crippen molar-refractivity contribution in [3.05, 3.63) is 35.4 Å². The molecular formula is C20H30N4O2. The number of hydrogen-bond acceptors (Lipinski definition) is 4. The van der Waals surface area contributed by atoms with Gasteiger partial charge in [-0.15, -0.1) is 0 Å². The third kappa shape index (κ3) is 4.83. The van der Waals surface area contributed by atoms with E-state index in [0.717, 1.165) is 51.1 Å². The van der Waals surface area contributed by atoms with E-state index in [1.54, 1.807) is 0 Å². The molecular weight excluding hydrogens is 328 g/mol. The van der Waals surface area contributed by atoms with Crippen molar-refractivity contribution < 1.29 is 9.59 Å². The molecule has 0 aromatic heterocycles. The molecule has 1 aromatic carbocycles. The molecule has 2 heterocycles. The zero-order chi connectivity index (χ0) is 18.5. The quantitative estimate of drug-likeness (QED) is 0.674. The summed E-state index contributed by atoms with van der Waals surface area (Å²) in [5, 5.41) is 6.27. The standard InChI is InChI=1S/C20H30N4O2/c1-14(18-10-22-11-18)20(26)23-9-15-4-2-5-16(8-15)12-24-7-3-6-17(13-24)19(21)25/h2,4-5,8,14,17-18,22H,3,6-7,9-13H2,1H3,(H2,21,25)(H,23,26). The summed E-state index contributed by atoms with van der Waals surface area (Å²) >= 11 is 0. The zero-order valence-corrected chi connectivity index (χ0v) is 15.5.